The zero-order chi connectivity index (χ0) is 21.3. The number of methoxy groups -OCH3 is 2. The van der Waals surface area contributed by atoms with E-state index in [1.807, 2.05) is 4.57 Å². The second kappa shape index (κ2) is 11.8. The van der Waals surface area contributed by atoms with E-state index in [9.17, 15) is 0 Å². The van der Waals surface area contributed by atoms with Crippen LogP contribution in [0.5, 0.6) is 0 Å². The van der Waals surface area contributed by atoms with Crippen LogP contribution in [0.4, 0.5) is 5.95 Å². The highest BCUT2D eigenvalue weighted by Gasteiger charge is 2.29. The van der Waals surface area contributed by atoms with E-state index in [0.29, 0.717) is 56.3 Å². The number of rotatable bonds is 11. The van der Waals surface area contributed by atoms with Gasteiger partial charge in [-0.1, -0.05) is 18.5 Å². The van der Waals surface area contributed by atoms with Crippen molar-refractivity contribution in [2.75, 3.05) is 52.0 Å². The maximum Gasteiger partial charge on any atom is 0.235 e. The minimum atomic E-state index is -0.289. The van der Waals surface area contributed by atoms with Gasteiger partial charge in [0.25, 0.3) is 0 Å². The van der Waals surface area contributed by atoms with Crippen LogP contribution in [0.3, 0.4) is 0 Å². The summed E-state index contributed by atoms with van der Waals surface area (Å²) >= 11 is 7.37. The Morgan fingerprint density at radius 2 is 1.97 bits per heavy atom. The smallest absolute Gasteiger partial charge is 0.235 e. The van der Waals surface area contributed by atoms with Crippen molar-refractivity contribution in [2.45, 2.75) is 30.7 Å². The van der Waals surface area contributed by atoms with E-state index in [2.05, 4.69) is 31.8 Å². The quantitative estimate of drug-likeness (QED) is 0.504. The Hall–Kier alpha value is -1.50. The number of anilines is 1. The standard InChI is InChI=1S/C18H27ClN6O4S/c1-12(6-16-20-7-13(19)8-21-16)30-24-18-23-22-17(15-11-28-4-5-29-15)25(18)14(9-26-2)10-27-3/h7-8,12,14-15H,4-6,9-11H2,1-3H3,(H,23,24). The molecular formula is C18H27ClN6O4S. The van der Waals surface area contributed by atoms with Gasteiger partial charge in [0.15, 0.2) is 5.82 Å². The van der Waals surface area contributed by atoms with Crippen LogP contribution in [-0.2, 0) is 25.4 Å². The third-order valence-electron chi connectivity index (χ3n) is 4.40. The molecule has 0 aliphatic carbocycles. The molecular weight excluding hydrogens is 432 g/mol. The van der Waals surface area contributed by atoms with E-state index in [-0.39, 0.29) is 17.4 Å². The third kappa shape index (κ3) is 6.25. The lowest BCUT2D eigenvalue weighted by Crippen LogP contribution is -2.29. The lowest BCUT2D eigenvalue weighted by atomic mass is 10.2. The first kappa shape index (κ1) is 23.2. The van der Waals surface area contributed by atoms with E-state index in [1.54, 1.807) is 26.6 Å². The number of aromatic nitrogens is 5. The van der Waals surface area contributed by atoms with Gasteiger partial charge in [0.1, 0.15) is 11.9 Å². The molecule has 1 aliphatic rings. The van der Waals surface area contributed by atoms with Crippen LogP contribution in [0.1, 0.15) is 30.7 Å². The summed E-state index contributed by atoms with van der Waals surface area (Å²) in [5, 5.41) is 9.43. The summed E-state index contributed by atoms with van der Waals surface area (Å²) in [4.78, 5) is 8.50. The molecule has 1 saturated heterocycles. The van der Waals surface area contributed by atoms with Crippen LogP contribution >= 0.6 is 23.5 Å². The van der Waals surface area contributed by atoms with E-state index >= 15 is 0 Å². The van der Waals surface area contributed by atoms with Gasteiger partial charge in [-0.2, -0.15) is 0 Å². The van der Waals surface area contributed by atoms with Gasteiger partial charge in [0, 0.05) is 38.3 Å². The topological polar surface area (TPSA) is 105 Å². The fraction of sp³-hybridized carbons (Fsp3) is 0.667. The predicted octanol–water partition coefficient (Wildman–Crippen LogP) is 2.33. The molecule has 0 amide bonds. The third-order valence-corrected chi connectivity index (χ3v) is 5.47. The molecule has 1 N–H and O–H groups in total. The Kier molecular flexibility index (Phi) is 9.09. The van der Waals surface area contributed by atoms with Crippen molar-refractivity contribution in [3.8, 4) is 0 Å². The molecule has 0 radical (unpaired) electrons. The van der Waals surface area contributed by atoms with Gasteiger partial charge >= 0.3 is 0 Å². The first-order chi connectivity index (χ1) is 14.6. The van der Waals surface area contributed by atoms with E-state index < -0.39 is 0 Å². The maximum atomic E-state index is 5.85. The molecule has 1 fully saturated rings. The highest BCUT2D eigenvalue weighted by molar-refractivity contribution is 8.01. The number of hydrogen-bond donors (Lipinski definition) is 1. The summed E-state index contributed by atoms with van der Waals surface area (Å²) in [6.45, 7) is 4.50. The zero-order valence-corrected chi connectivity index (χ0v) is 18.9. The lowest BCUT2D eigenvalue weighted by molar-refractivity contribution is -0.0957. The van der Waals surface area contributed by atoms with Gasteiger partial charge in [0.05, 0.1) is 44.1 Å². The normalized spacial score (nSPS) is 18.0. The number of nitrogens with zero attached hydrogens (tertiary/aromatic N) is 5. The molecule has 12 heteroatoms. The second-order valence-electron chi connectivity index (χ2n) is 6.80. The van der Waals surface area contributed by atoms with Gasteiger partial charge < -0.3 is 18.9 Å². The van der Waals surface area contributed by atoms with Crippen LogP contribution in [0.25, 0.3) is 0 Å². The van der Waals surface area contributed by atoms with Gasteiger partial charge in [-0.25, -0.2) is 9.97 Å². The maximum absolute atomic E-state index is 5.85. The van der Waals surface area contributed by atoms with E-state index in [4.69, 9.17) is 30.5 Å². The number of hydrogen-bond acceptors (Lipinski definition) is 10. The summed E-state index contributed by atoms with van der Waals surface area (Å²) in [6.07, 6.45) is 3.59. The molecule has 2 unspecified atom stereocenters. The molecule has 166 valence electrons. The first-order valence-corrected chi connectivity index (χ1v) is 10.9. The molecule has 1 aliphatic heterocycles. The predicted molar refractivity (Wildman–Crippen MR) is 114 cm³/mol. The Morgan fingerprint density at radius 1 is 1.23 bits per heavy atom. The Labute approximate surface area is 185 Å². The molecule has 2 aromatic rings. The van der Waals surface area contributed by atoms with Gasteiger partial charge in [-0.15, -0.1) is 10.2 Å². The average Bonchev–Trinajstić information content (AvgIpc) is 3.18. The fourth-order valence-corrected chi connectivity index (χ4v) is 3.84. The summed E-state index contributed by atoms with van der Waals surface area (Å²) in [5.74, 6) is 2.02. The molecule has 2 aromatic heterocycles. The molecule has 2 atom stereocenters. The summed E-state index contributed by atoms with van der Waals surface area (Å²) in [5.41, 5.74) is 0. The molecule has 10 nitrogen and oxygen atoms in total. The van der Waals surface area contributed by atoms with Gasteiger partial charge in [-0.3, -0.25) is 9.29 Å². The monoisotopic (exact) mass is 458 g/mol. The van der Waals surface area contributed by atoms with Crippen molar-refractivity contribution in [1.82, 2.24) is 24.7 Å². The Bertz CT molecular complexity index is 769. The van der Waals surface area contributed by atoms with Crippen LogP contribution in [0.2, 0.25) is 5.02 Å². The van der Waals surface area contributed by atoms with E-state index in [1.165, 1.54) is 11.9 Å². The zero-order valence-electron chi connectivity index (χ0n) is 17.3. The van der Waals surface area contributed by atoms with Crippen molar-refractivity contribution in [3.05, 3.63) is 29.1 Å². The lowest BCUT2D eigenvalue weighted by Gasteiger charge is -2.26. The fourth-order valence-electron chi connectivity index (χ4n) is 3.07. The molecule has 30 heavy (non-hydrogen) atoms. The Morgan fingerprint density at radius 3 is 2.60 bits per heavy atom. The van der Waals surface area contributed by atoms with Crippen molar-refractivity contribution in [3.63, 3.8) is 0 Å². The SMILES string of the molecule is COCC(COC)n1c(NSC(C)Cc2ncc(Cl)cn2)nnc1C1COCCO1. The van der Waals surface area contributed by atoms with Crippen molar-refractivity contribution in [2.24, 2.45) is 0 Å². The molecule has 0 spiro atoms. The largest absolute Gasteiger partial charge is 0.382 e. The molecule has 3 heterocycles. The molecule has 0 aromatic carbocycles. The van der Waals surface area contributed by atoms with Crippen molar-refractivity contribution >= 4 is 29.5 Å². The average molecular weight is 459 g/mol. The van der Waals surface area contributed by atoms with Crippen LogP contribution in [0, 0.1) is 0 Å². The van der Waals surface area contributed by atoms with Gasteiger partial charge in [-0.05, 0) is 11.9 Å². The second-order valence-corrected chi connectivity index (χ2v) is 8.48. The van der Waals surface area contributed by atoms with Gasteiger partial charge in [0.2, 0.25) is 5.95 Å². The number of ether oxygens (including phenoxy) is 4. The number of halogens is 1. The molecule has 0 saturated carbocycles. The van der Waals surface area contributed by atoms with Crippen molar-refractivity contribution < 1.29 is 18.9 Å². The molecule has 0 bridgehead atoms. The first-order valence-electron chi connectivity index (χ1n) is 9.62. The summed E-state index contributed by atoms with van der Waals surface area (Å²) in [7, 11) is 3.31. The van der Waals surface area contributed by atoms with Crippen LogP contribution in [0.15, 0.2) is 12.4 Å². The van der Waals surface area contributed by atoms with Crippen molar-refractivity contribution in [1.29, 1.82) is 0 Å². The summed E-state index contributed by atoms with van der Waals surface area (Å²) < 4.78 is 27.5. The highest BCUT2D eigenvalue weighted by atomic mass is 35.5. The van der Waals surface area contributed by atoms with Crippen LogP contribution < -0.4 is 4.72 Å². The minimum Gasteiger partial charge on any atom is -0.382 e. The highest BCUT2D eigenvalue weighted by Crippen LogP contribution is 2.28. The minimum absolute atomic E-state index is 0.117. The van der Waals surface area contributed by atoms with E-state index in [0.717, 1.165) is 5.82 Å². The molecule has 3 rings (SSSR count). The summed E-state index contributed by atoms with van der Waals surface area (Å²) in [6, 6.07) is -0.117. The van der Waals surface area contributed by atoms with Crippen LogP contribution in [-0.4, -0.2) is 77.2 Å². The number of nitrogens with one attached hydrogen (secondary N) is 1. The Balaban J connectivity index is 1.73.